The molecule has 0 radical (unpaired) electrons. The molecule has 0 aromatic carbocycles. The number of rotatable bonds is 6. The van der Waals surface area contributed by atoms with E-state index in [1.807, 2.05) is 6.92 Å². The van der Waals surface area contributed by atoms with Gasteiger partial charge in [-0.1, -0.05) is 12.8 Å². The minimum absolute atomic E-state index is 0.107. The Balaban J connectivity index is 2.11. The summed E-state index contributed by atoms with van der Waals surface area (Å²) in [6, 6.07) is 0. The van der Waals surface area contributed by atoms with Gasteiger partial charge in [-0.05, 0) is 19.8 Å². The molecule has 0 amide bonds. The van der Waals surface area contributed by atoms with Crippen molar-refractivity contribution in [2.45, 2.75) is 38.7 Å². The van der Waals surface area contributed by atoms with Gasteiger partial charge in [0.15, 0.2) is 0 Å². The molecule has 1 aliphatic rings. The number of aliphatic hydroxyl groups is 1. The smallest absolute Gasteiger partial charge is 0.353 e. The lowest BCUT2D eigenvalue weighted by Gasteiger charge is -2.27. The Kier molecular flexibility index (Phi) is 5.26. The van der Waals surface area contributed by atoms with E-state index < -0.39 is 4.92 Å². The van der Waals surface area contributed by atoms with Crippen molar-refractivity contribution in [3.05, 3.63) is 16.4 Å². The van der Waals surface area contributed by atoms with Crippen molar-refractivity contribution in [3.8, 4) is 0 Å². The van der Waals surface area contributed by atoms with Crippen LogP contribution in [0.2, 0.25) is 0 Å². The lowest BCUT2D eigenvalue weighted by molar-refractivity contribution is -0.383. The standard InChI is InChI=1S/C13H21N5O3/c1-2-14-12-11(18(20)21)13(17-8-16-12)15-7-9-5-3-4-6-10(9)19/h8-10,19H,2-7H2,1H3,(H2,14,15,16,17). The second kappa shape index (κ2) is 7.16. The third-order valence-corrected chi connectivity index (χ3v) is 3.75. The molecule has 1 fully saturated rings. The molecule has 1 aliphatic carbocycles. The predicted molar refractivity (Wildman–Crippen MR) is 79.3 cm³/mol. The van der Waals surface area contributed by atoms with Crippen LogP contribution < -0.4 is 10.6 Å². The van der Waals surface area contributed by atoms with Crippen LogP contribution in [0.3, 0.4) is 0 Å². The third-order valence-electron chi connectivity index (χ3n) is 3.75. The van der Waals surface area contributed by atoms with Crippen LogP contribution in [-0.2, 0) is 0 Å². The molecule has 0 saturated heterocycles. The number of nitrogens with one attached hydrogen (secondary N) is 2. The van der Waals surface area contributed by atoms with E-state index in [0.29, 0.717) is 13.1 Å². The fourth-order valence-corrected chi connectivity index (χ4v) is 2.63. The number of nitrogens with zero attached hydrogens (tertiary/aromatic N) is 3. The van der Waals surface area contributed by atoms with Crippen molar-refractivity contribution in [2.24, 2.45) is 5.92 Å². The molecule has 1 heterocycles. The molecule has 8 nitrogen and oxygen atoms in total. The van der Waals surface area contributed by atoms with Crippen LogP contribution in [0.15, 0.2) is 6.33 Å². The highest BCUT2D eigenvalue weighted by Gasteiger charge is 2.26. The molecular formula is C13H21N5O3. The van der Waals surface area contributed by atoms with Gasteiger partial charge in [0.25, 0.3) is 0 Å². The number of aliphatic hydroxyl groups excluding tert-OH is 1. The zero-order valence-corrected chi connectivity index (χ0v) is 12.1. The van der Waals surface area contributed by atoms with Crippen molar-refractivity contribution in [3.63, 3.8) is 0 Å². The Labute approximate surface area is 123 Å². The molecule has 8 heteroatoms. The van der Waals surface area contributed by atoms with Crippen LogP contribution in [0.4, 0.5) is 17.3 Å². The first-order chi connectivity index (χ1) is 10.1. The Hall–Kier alpha value is -1.96. The zero-order chi connectivity index (χ0) is 15.2. The van der Waals surface area contributed by atoms with Gasteiger partial charge in [0.2, 0.25) is 11.6 Å². The van der Waals surface area contributed by atoms with Gasteiger partial charge in [-0.3, -0.25) is 10.1 Å². The van der Waals surface area contributed by atoms with Gasteiger partial charge in [0, 0.05) is 19.0 Å². The van der Waals surface area contributed by atoms with Crippen molar-refractivity contribution < 1.29 is 10.0 Å². The molecule has 0 aliphatic heterocycles. The summed E-state index contributed by atoms with van der Waals surface area (Å²) in [5, 5.41) is 27.0. The van der Waals surface area contributed by atoms with Gasteiger partial charge >= 0.3 is 5.69 Å². The maximum atomic E-state index is 11.2. The van der Waals surface area contributed by atoms with Crippen LogP contribution in [0.5, 0.6) is 0 Å². The Morgan fingerprint density at radius 3 is 2.62 bits per heavy atom. The van der Waals surface area contributed by atoms with E-state index in [-0.39, 0.29) is 29.3 Å². The number of hydrogen-bond acceptors (Lipinski definition) is 7. The molecule has 0 spiro atoms. The highest BCUT2D eigenvalue weighted by atomic mass is 16.6. The quantitative estimate of drug-likeness (QED) is 0.541. The van der Waals surface area contributed by atoms with Crippen LogP contribution >= 0.6 is 0 Å². The number of hydrogen-bond donors (Lipinski definition) is 3. The first kappa shape index (κ1) is 15.4. The SMILES string of the molecule is CCNc1ncnc(NCC2CCCCC2O)c1[N+](=O)[O-]. The summed E-state index contributed by atoms with van der Waals surface area (Å²) in [7, 11) is 0. The molecule has 2 unspecified atom stereocenters. The monoisotopic (exact) mass is 295 g/mol. The summed E-state index contributed by atoms with van der Waals surface area (Å²) in [6.45, 7) is 2.86. The van der Waals surface area contributed by atoms with Crippen LogP contribution in [0.1, 0.15) is 32.6 Å². The largest absolute Gasteiger partial charge is 0.393 e. The number of nitro groups is 1. The third kappa shape index (κ3) is 3.78. The summed E-state index contributed by atoms with van der Waals surface area (Å²) in [4.78, 5) is 18.6. The zero-order valence-electron chi connectivity index (χ0n) is 12.1. The molecular weight excluding hydrogens is 274 g/mol. The maximum absolute atomic E-state index is 11.2. The van der Waals surface area contributed by atoms with Gasteiger partial charge in [-0.2, -0.15) is 0 Å². The van der Waals surface area contributed by atoms with Crippen LogP contribution in [0, 0.1) is 16.0 Å². The lowest BCUT2D eigenvalue weighted by atomic mass is 9.86. The summed E-state index contributed by atoms with van der Waals surface area (Å²) in [5.74, 6) is 0.517. The Bertz CT molecular complexity index is 497. The van der Waals surface area contributed by atoms with Crippen LogP contribution in [0.25, 0.3) is 0 Å². The van der Waals surface area contributed by atoms with Crippen LogP contribution in [-0.4, -0.2) is 39.2 Å². The first-order valence-corrected chi connectivity index (χ1v) is 7.28. The predicted octanol–water partition coefficient (Wildman–Crippen LogP) is 1.78. The molecule has 21 heavy (non-hydrogen) atoms. The Morgan fingerprint density at radius 2 is 2.00 bits per heavy atom. The van der Waals surface area contributed by atoms with E-state index in [0.717, 1.165) is 25.7 Å². The minimum Gasteiger partial charge on any atom is -0.393 e. The lowest BCUT2D eigenvalue weighted by Crippen LogP contribution is -2.30. The Morgan fingerprint density at radius 1 is 1.33 bits per heavy atom. The average molecular weight is 295 g/mol. The normalized spacial score (nSPS) is 21.8. The summed E-state index contributed by atoms with van der Waals surface area (Å²) in [6.07, 6.45) is 4.78. The minimum atomic E-state index is -0.488. The fraction of sp³-hybridized carbons (Fsp3) is 0.692. The highest BCUT2D eigenvalue weighted by molar-refractivity contribution is 5.69. The number of aromatic nitrogens is 2. The van der Waals surface area contributed by atoms with E-state index in [1.54, 1.807) is 0 Å². The molecule has 3 N–H and O–H groups in total. The van der Waals surface area contributed by atoms with Gasteiger partial charge in [-0.25, -0.2) is 9.97 Å². The van der Waals surface area contributed by atoms with Crippen molar-refractivity contribution >= 4 is 17.3 Å². The van der Waals surface area contributed by atoms with E-state index in [1.165, 1.54) is 6.33 Å². The van der Waals surface area contributed by atoms with E-state index >= 15 is 0 Å². The molecule has 2 atom stereocenters. The molecule has 1 saturated carbocycles. The topological polar surface area (TPSA) is 113 Å². The highest BCUT2D eigenvalue weighted by Crippen LogP contribution is 2.30. The van der Waals surface area contributed by atoms with Gasteiger partial charge in [0.1, 0.15) is 6.33 Å². The van der Waals surface area contributed by atoms with Crippen molar-refractivity contribution in [1.82, 2.24) is 9.97 Å². The molecule has 116 valence electrons. The molecule has 1 aromatic rings. The van der Waals surface area contributed by atoms with Crippen molar-refractivity contribution in [1.29, 1.82) is 0 Å². The fourth-order valence-electron chi connectivity index (χ4n) is 2.63. The molecule has 1 aromatic heterocycles. The number of anilines is 2. The van der Waals surface area contributed by atoms with Gasteiger partial charge < -0.3 is 15.7 Å². The molecule has 0 bridgehead atoms. The van der Waals surface area contributed by atoms with Gasteiger partial charge in [0.05, 0.1) is 11.0 Å². The van der Waals surface area contributed by atoms with E-state index in [2.05, 4.69) is 20.6 Å². The summed E-state index contributed by atoms with van der Waals surface area (Å²) >= 11 is 0. The van der Waals surface area contributed by atoms with E-state index in [9.17, 15) is 15.2 Å². The molecule has 2 rings (SSSR count). The van der Waals surface area contributed by atoms with Gasteiger partial charge in [-0.15, -0.1) is 0 Å². The van der Waals surface area contributed by atoms with Crippen molar-refractivity contribution in [2.75, 3.05) is 23.7 Å². The second-order valence-corrected chi connectivity index (χ2v) is 5.20. The summed E-state index contributed by atoms with van der Waals surface area (Å²) in [5.41, 5.74) is -0.148. The van der Waals surface area contributed by atoms with E-state index in [4.69, 9.17) is 0 Å². The second-order valence-electron chi connectivity index (χ2n) is 5.20. The maximum Gasteiger partial charge on any atom is 0.353 e. The summed E-state index contributed by atoms with van der Waals surface area (Å²) < 4.78 is 0. The first-order valence-electron chi connectivity index (χ1n) is 7.28. The average Bonchev–Trinajstić information content (AvgIpc) is 2.46.